The Kier molecular flexibility index (Phi) is 19.2. The Morgan fingerprint density at radius 1 is 0.800 bits per heavy atom. The predicted octanol–water partition coefficient (Wildman–Crippen LogP) is 6.61. The average molecular weight is 748 g/mol. The molecule has 0 atom stereocenters. The topological polar surface area (TPSA) is 120 Å². The number of carbonyl (C=O) groups is 4. The van der Waals surface area contributed by atoms with Crippen LogP contribution in [0.1, 0.15) is 69.9 Å². The molecule has 5 rings (SSSR count). The van der Waals surface area contributed by atoms with Gasteiger partial charge in [-0.25, -0.2) is 0 Å². The van der Waals surface area contributed by atoms with Crippen LogP contribution in [0.2, 0.25) is 0 Å². The van der Waals surface area contributed by atoms with E-state index < -0.39 is 0 Å². The van der Waals surface area contributed by atoms with Gasteiger partial charge in [0, 0.05) is 81.9 Å². The van der Waals surface area contributed by atoms with Gasteiger partial charge in [-0.15, -0.1) is 34.0 Å². The molecule has 50 heavy (non-hydrogen) atoms. The predicted molar refractivity (Wildman–Crippen MR) is 213 cm³/mol. The lowest BCUT2D eigenvalue weighted by atomic mass is 10.2. The van der Waals surface area contributed by atoms with Gasteiger partial charge in [0.25, 0.3) is 17.7 Å². The van der Waals surface area contributed by atoms with E-state index in [1.54, 1.807) is 48.1 Å². The lowest BCUT2D eigenvalue weighted by Gasteiger charge is -2.26. The van der Waals surface area contributed by atoms with Gasteiger partial charge in [-0.1, -0.05) is 44.7 Å². The highest BCUT2D eigenvalue weighted by Crippen LogP contribution is 2.15. The summed E-state index contributed by atoms with van der Waals surface area (Å²) >= 11 is 4.76. The maximum absolute atomic E-state index is 11.8. The Morgan fingerprint density at radius 3 is 1.86 bits per heavy atom. The van der Waals surface area contributed by atoms with Gasteiger partial charge in [0.15, 0.2) is 0 Å². The first-order valence-corrected chi connectivity index (χ1v) is 18.8. The van der Waals surface area contributed by atoms with E-state index in [1.165, 1.54) is 14.7 Å². The summed E-state index contributed by atoms with van der Waals surface area (Å²) in [6, 6.07) is 15.6. The number of amides is 4. The molecule has 3 N–H and O–H groups in total. The van der Waals surface area contributed by atoms with Crippen molar-refractivity contribution in [3.8, 4) is 0 Å². The molecule has 1 aliphatic heterocycles. The van der Waals surface area contributed by atoms with Crippen molar-refractivity contribution in [1.29, 1.82) is 0 Å². The fourth-order valence-electron chi connectivity index (χ4n) is 4.36. The molecule has 10 nitrogen and oxygen atoms in total. The van der Waals surface area contributed by atoms with Crippen LogP contribution in [-0.4, -0.2) is 93.5 Å². The number of hydrogen-bond donors (Lipinski definition) is 3. The van der Waals surface area contributed by atoms with Crippen LogP contribution < -0.4 is 16.0 Å². The van der Waals surface area contributed by atoms with Gasteiger partial charge in [0.1, 0.15) is 0 Å². The Bertz CT molecular complexity index is 1630. The molecule has 1 saturated heterocycles. The monoisotopic (exact) mass is 747 g/mol. The molecular weight excluding hydrogens is 691 g/mol. The third-order valence-electron chi connectivity index (χ3n) is 7.26. The van der Waals surface area contributed by atoms with Crippen molar-refractivity contribution in [1.82, 2.24) is 25.8 Å². The number of aryl methyl sites for hydroxylation is 3. The van der Waals surface area contributed by atoms with E-state index in [9.17, 15) is 19.2 Å². The number of hydrogen-bond acceptors (Lipinski definition) is 9. The Labute approximate surface area is 313 Å². The summed E-state index contributed by atoms with van der Waals surface area (Å²) in [4.78, 5) is 53.6. The van der Waals surface area contributed by atoms with Gasteiger partial charge in [0.2, 0.25) is 5.91 Å². The number of nitrogens with one attached hydrogen (secondary N) is 3. The Morgan fingerprint density at radius 2 is 1.34 bits per heavy atom. The summed E-state index contributed by atoms with van der Waals surface area (Å²) in [6.45, 7) is 11.8. The molecular formula is C37H57N5O5S3. The number of carbonyl (C=O) groups excluding carboxylic acids is 4. The van der Waals surface area contributed by atoms with Gasteiger partial charge in [-0.2, -0.15) is 0 Å². The van der Waals surface area contributed by atoms with E-state index in [4.69, 9.17) is 4.74 Å². The molecule has 0 radical (unpaired) electrons. The molecule has 3 aromatic heterocycles. The minimum absolute atomic E-state index is 0. The number of rotatable bonds is 11. The highest BCUT2D eigenvalue weighted by atomic mass is 32.1. The van der Waals surface area contributed by atoms with E-state index in [2.05, 4.69) is 20.9 Å². The zero-order valence-corrected chi connectivity index (χ0v) is 31.3. The quantitative estimate of drug-likeness (QED) is 0.159. The fraction of sp³-hybridized carbons (Fsp3) is 0.405. The van der Waals surface area contributed by atoms with Crippen LogP contribution in [0.25, 0.3) is 0 Å². The van der Waals surface area contributed by atoms with E-state index in [-0.39, 0.29) is 41.9 Å². The number of benzene rings is 1. The Balaban J connectivity index is 0. The molecule has 1 aromatic carbocycles. The van der Waals surface area contributed by atoms with E-state index in [0.29, 0.717) is 18.7 Å². The Hall–Kier alpha value is -3.88. The standard InChI is InChI=1S/C13H13NOS.C12H18N2O2S.C11H16N2O2S.CH4.3H2/c1-10-7-12(9-16-10)13(15)14-8-11-5-3-2-4-6-11;1-10-8-11(9-17-10)12(15)13-2-3-14-4-6-16-7-5-14;1-4-9-5-8(7-16-9)11(15)12-6-10(14)13(2)3;;;;/h2-7,9H,8H2,1H3,(H,14,15);8-9H,2-7H2,1H3,(H,13,15);5,7H,4,6H2,1-3H3,(H,12,15);1H4;3*1H. The highest BCUT2D eigenvalue weighted by Gasteiger charge is 2.12. The number of nitrogens with zero attached hydrogens (tertiary/aromatic N) is 2. The van der Waals surface area contributed by atoms with E-state index in [1.807, 2.05) is 85.4 Å². The van der Waals surface area contributed by atoms with E-state index in [0.717, 1.165) is 60.8 Å². The molecule has 4 amide bonds. The molecule has 0 aliphatic carbocycles. The zero-order valence-electron chi connectivity index (χ0n) is 28.9. The van der Waals surface area contributed by atoms with Gasteiger partial charge in [-0.05, 0) is 44.0 Å². The van der Waals surface area contributed by atoms with Gasteiger partial charge >= 0.3 is 0 Å². The molecule has 278 valence electrons. The van der Waals surface area contributed by atoms with Crippen molar-refractivity contribution in [2.75, 3.05) is 60.0 Å². The molecule has 4 heterocycles. The van der Waals surface area contributed by atoms with Crippen molar-refractivity contribution >= 4 is 57.6 Å². The smallest absolute Gasteiger partial charge is 0.252 e. The summed E-state index contributed by atoms with van der Waals surface area (Å²) in [6.07, 6.45) is 0.925. The lowest BCUT2D eigenvalue weighted by Crippen LogP contribution is -2.41. The minimum atomic E-state index is -0.189. The summed E-state index contributed by atoms with van der Waals surface area (Å²) in [7, 11) is 3.32. The highest BCUT2D eigenvalue weighted by molar-refractivity contribution is 7.10. The fourth-order valence-corrected chi connectivity index (χ4v) is 6.54. The number of ether oxygens (including phenoxy) is 1. The summed E-state index contributed by atoms with van der Waals surface area (Å²) in [5.74, 6) is -0.277. The van der Waals surface area contributed by atoms with Crippen molar-refractivity contribution in [2.45, 2.75) is 41.2 Å². The molecule has 1 aliphatic rings. The summed E-state index contributed by atoms with van der Waals surface area (Å²) < 4.78 is 5.27. The first kappa shape index (κ1) is 42.3. The molecule has 4 aromatic rings. The van der Waals surface area contributed by atoms with Crippen molar-refractivity contribution in [3.63, 3.8) is 0 Å². The normalized spacial score (nSPS) is 12.2. The van der Waals surface area contributed by atoms with Crippen LogP contribution in [-0.2, 0) is 22.5 Å². The number of thiophene rings is 3. The largest absolute Gasteiger partial charge is 0.379 e. The second-order valence-electron chi connectivity index (χ2n) is 11.4. The molecule has 0 spiro atoms. The first-order valence-electron chi connectivity index (χ1n) is 16.1. The molecule has 0 saturated carbocycles. The van der Waals surface area contributed by atoms with Crippen molar-refractivity contribution in [3.05, 3.63) is 102 Å². The van der Waals surface area contributed by atoms with Crippen molar-refractivity contribution < 1.29 is 28.2 Å². The summed E-state index contributed by atoms with van der Waals surface area (Å²) in [5.41, 5.74) is 3.27. The number of likely N-dealkylation sites (N-methyl/N-ethyl adjacent to an activating group) is 1. The van der Waals surface area contributed by atoms with E-state index >= 15 is 0 Å². The van der Waals surface area contributed by atoms with Crippen LogP contribution in [0.5, 0.6) is 0 Å². The average Bonchev–Trinajstić information content (AvgIpc) is 3.89. The zero-order chi connectivity index (χ0) is 35.6. The van der Waals surface area contributed by atoms with Gasteiger partial charge in [-0.3, -0.25) is 24.1 Å². The van der Waals surface area contributed by atoms with Crippen LogP contribution in [0.3, 0.4) is 0 Å². The third kappa shape index (κ3) is 15.3. The molecule has 13 heteroatoms. The molecule has 0 bridgehead atoms. The minimum Gasteiger partial charge on any atom is -0.379 e. The molecule has 1 fully saturated rings. The third-order valence-corrected chi connectivity index (χ3v) is 10.1. The van der Waals surface area contributed by atoms with Gasteiger partial charge in [0.05, 0.1) is 36.4 Å². The van der Waals surface area contributed by atoms with Crippen LogP contribution in [0.4, 0.5) is 0 Å². The number of morpholine rings is 1. The van der Waals surface area contributed by atoms with Gasteiger partial charge < -0.3 is 25.6 Å². The molecule has 0 unspecified atom stereocenters. The lowest BCUT2D eigenvalue weighted by molar-refractivity contribution is -0.127. The van der Waals surface area contributed by atoms with Crippen molar-refractivity contribution in [2.24, 2.45) is 0 Å². The SMILES string of the molecule is C.CCc1cc(C(=O)NCC(=O)N(C)C)cs1.Cc1cc(C(=O)NCCN2CCOCC2)cs1.Cc1cc(C(=O)NCc2ccccc2)cs1.[HH].[HH].[HH]. The second-order valence-corrected chi connectivity index (χ2v) is 14.6. The van der Waals surface area contributed by atoms with Crippen LogP contribution in [0, 0.1) is 13.8 Å². The van der Waals surface area contributed by atoms with Crippen LogP contribution >= 0.6 is 34.0 Å². The second kappa shape index (κ2) is 22.8. The maximum Gasteiger partial charge on any atom is 0.252 e. The van der Waals surface area contributed by atoms with Crippen LogP contribution in [0.15, 0.2) is 64.7 Å². The summed E-state index contributed by atoms with van der Waals surface area (Å²) in [5, 5.41) is 14.0. The maximum atomic E-state index is 11.8. The first-order chi connectivity index (χ1) is 23.5.